The van der Waals surface area contributed by atoms with Gasteiger partial charge in [0, 0.05) is 37.0 Å². The quantitative estimate of drug-likeness (QED) is 0.274. The number of imidazole rings is 1. The number of likely N-dealkylation sites (tertiary alicyclic amines) is 1. The molecule has 2 N–H and O–H groups in total. The Kier molecular flexibility index (Phi) is 8.00. The third-order valence-electron chi connectivity index (χ3n) is 7.51. The highest BCUT2D eigenvalue weighted by Gasteiger charge is 2.25. The van der Waals surface area contributed by atoms with E-state index in [-0.39, 0.29) is 30.1 Å². The summed E-state index contributed by atoms with van der Waals surface area (Å²) in [7, 11) is 0. The molecule has 2 aliphatic rings. The Bertz CT molecular complexity index is 1550. The smallest absolute Gasteiger partial charge is 0.335 e. The zero-order valence-electron chi connectivity index (χ0n) is 22.3. The number of rotatable bonds is 10. The number of halogens is 2. The highest BCUT2D eigenvalue weighted by Crippen LogP contribution is 2.25. The van der Waals surface area contributed by atoms with Crippen molar-refractivity contribution in [3.05, 3.63) is 76.7 Å². The summed E-state index contributed by atoms with van der Waals surface area (Å²) in [5.74, 6) is 0.680. The zero-order valence-corrected chi connectivity index (χ0v) is 23.1. The molecular weight excluding hydrogens is 551 g/mol. The second-order valence-electron chi connectivity index (χ2n) is 10.3. The summed E-state index contributed by atoms with van der Waals surface area (Å²) < 4.78 is 27.3. The van der Waals surface area contributed by atoms with Crippen molar-refractivity contribution >= 4 is 34.4 Å². The van der Waals surface area contributed by atoms with Crippen LogP contribution in [0.15, 0.2) is 48.7 Å². The molecule has 4 aromatic rings. The first-order valence-electron chi connectivity index (χ1n) is 13.6. The lowest BCUT2D eigenvalue weighted by Gasteiger charge is -2.33. The number of ether oxygens (including phenoxy) is 2. The van der Waals surface area contributed by atoms with Gasteiger partial charge in [0.2, 0.25) is 0 Å². The zero-order chi connectivity index (χ0) is 28.3. The summed E-state index contributed by atoms with van der Waals surface area (Å²) in [6.45, 7) is 3.88. The number of aromatic nitrogens is 4. The van der Waals surface area contributed by atoms with Crippen molar-refractivity contribution in [2.45, 2.75) is 51.1 Å². The molecule has 214 valence electrons. The predicted octanol–water partition coefficient (Wildman–Crippen LogP) is 4.76. The van der Waals surface area contributed by atoms with Crippen molar-refractivity contribution in [1.82, 2.24) is 24.4 Å². The predicted molar refractivity (Wildman–Crippen MR) is 151 cm³/mol. The highest BCUT2D eigenvalue weighted by atomic mass is 35.5. The van der Waals surface area contributed by atoms with Crippen LogP contribution < -0.4 is 10.1 Å². The van der Waals surface area contributed by atoms with Crippen LogP contribution in [0.4, 0.5) is 10.2 Å². The Balaban J connectivity index is 1.06. The average Bonchev–Trinajstić information content (AvgIpc) is 3.27. The molecule has 0 spiro atoms. The van der Waals surface area contributed by atoms with Crippen LogP contribution in [0.1, 0.15) is 41.3 Å². The van der Waals surface area contributed by atoms with E-state index in [0.717, 1.165) is 55.8 Å². The van der Waals surface area contributed by atoms with Crippen LogP contribution >= 0.6 is 11.6 Å². The van der Waals surface area contributed by atoms with Gasteiger partial charge in [-0.2, -0.15) is 0 Å². The molecule has 12 heteroatoms. The Morgan fingerprint density at radius 1 is 1.15 bits per heavy atom. The SMILES string of the molecule is O=C(O)c1ccc2nc(CN3CCC(Nc4ccnc(COc5ccc(Cl)cc5F)n4)CC3)n(C[C@@H]3CCO3)c2c1. The monoisotopic (exact) mass is 580 g/mol. The summed E-state index contributed by atoms with van der Waals surface area (Å²) in [4.78, 5) is 27.6. The van der Waals surface area contributed by atoms with Crippen molar-refractivity contribution in [2.75, 3.05) is 25.0 Å². The molecule has 2 saturated heterocycles. The Labute approximate surface area is 241 Å². The van der Waals surface area contributed by atoms with E-state index >= 15 is 0 Å². The van der Waals surface area contributed by atoms with Crippen LogP contribution in [0.5, 0.6) is 5.75 Å². The minimum Gasteiger partial charge on any atom is -0.483 e. The Morgan fingerprint density at radius 3 is 2.71 bits per heavy atom. The number of carboxylic acids is 1. The molecule has 41 heavy (non-hydrogen) atoms. The minimum absolute atomic E-state index is 0.0351. The van der Waals surface area contributed by atoms with Gasteiger partial charge < -0.3 is 24.5 Å². The molecule has 0 saturated carbocycles. The molecule has 2 aromatic heterocycles. The average molecular weight is 581 g/mol. The first kappa shape index (κ1) is 27.4. The summed E-state index contributed by atoms with van der Waals surface area (Å²) in [5.41, 5.74) is 1.88. The molecule has 6 rings (SSSR count). The van der Waals surface area contributed by atoms with E-state index < -0.39 is 11.8 Å². The van der Waals surface area contributed by atoms with E-state index in [0.29, 0.717) is 29.8 Å². The first-order chi connectivity index (χ1) is 19.9. The molecule has 0 bridgehead atoms. The van der Waals surface area contributed by atoms with Gasteiger partial charge in [0.15, 0.2) is 17.4 Å². The van der Waals surface area contributed by atoms with Gasteiger partial charge in [-0.25, -0.2) is 24.1 Å². The van der Waals surface area contributed by atoms with Crippen LogP contribution in [-0.2, 0) is 24.4 Å². The summed E-state index contributed by atoms with van der Waals surface area (Å²) in [6.07, 6.45) is 4.61. The number of fused-ring (bicyclic) bond motifs is 1. The highest BCUT2D eigenvalue weighted by molar-refractivity contribution is 6.30. The second kappa shape index (κ2) is 12.0. The number of carboxylic acid groups (broad SMARTS) is 1. The number of hydrogen-bond donors (Lipinski definition) is 2. The normalized spacial score (nSPS) is 17.9. The lowest BCUT2D eigenvalue weighted by atomic mass is 10.1. The van der Waals surface area contributed by atoms with Crippen LogP contribution in [-0.4, -0.2) is 67.3 Å². The third kappa shape index (κ3) is 6.42. The van der Waals surface area contributed by atoms with Gasteiger partial charge in [-0.1, -0.05) is 11.6 Å². The maximum absolute atomic E-state index is 14.0. The molecule has 2 aliphatic heterocycles. The standard InChI is InChI=1S/C29H30ClFN6O4/c30-19-2-4-25(22(31)14-19)41-17-27-32-9-5-26(35-27)33-20-6-10-36(11-7-20)16-28-34-23-3-1-18(29(38)39)13-24(23)37(28)15-21-8-12-40-21/h1-5,9,13-14,20-21H,6-8,10-12,15-17H2,(H,38,39)(H,32,33,35)/t21-/m0/s1. The lowest BCUT2D eigenvalue weighted by Crippen LogP contribution is -2.39. The molecule has 0 radical (unpaired) electrons. The van der Waals surface area contributed by atoms with Gasteiger partial charge >= 0.3 is 5.97 Å². The maximum atomic E-state index is 14.0. The molecule has 2 aromatic carbocycles. The van der Waals surface area contributed by atoms with Crippen LogP contribution in [0.3, 0.4) is 0 Å². The largest absolute Gasteiger partial charge is 0.483 e. The van der Waals surface area contributed by atoms with Gasteiger partial charge in [0.1, 0.15) is 18.2 Å². The van der Waals surface area contributed by atoms with Gasteiger partial charge in [0.25, 0.3) is 0 Å². The summed E-state index contributed by atoms with van der Waals surface area (Å²) >= 11 is 5.80. The molecule has 2 fully saturated rings. The molecule has 0 amide bonds. The van der Waals surface area contributed by atoms with Gasteiger partial charge in [-0.3, -0.25) is 4.90 Å². The van der Waals surface area contributed by atoms with E-state index in [1.165, 1.54) is 12.1 Å². The number of nitrogens with zero attached hydrogens (tertiary/aromatic N) is 5. The molecule has 4 heterocycles. The van der Waals surface area contributed by atoms with Gasteiger partial charge in [0.05, 0.1) is 35.8 Å². The van der Waals surface area contributed by atoms with Crippen LogP contribution in [0.25, 0.3) is 11.0 Å². The number of hydrogen-bond acceptors (Lipinski definition) is 8. The van der Waals surface area contributed by atoms with Gasteiger partial charge in [-0.05, 0) is 61.7 Å². The van der Waals surface area contributed by atoms with E-state index in [2.05, 4.69) is 24.8 Å². The third-order valence-corrected chi connectivity index (χ3v) is 7.75. The molecule has 0 unspecified atom stereocenters. The van der Waals surface area contributed by atoms with E-state index in [4.69, 9.17) is 26.1 Å². The van der Waals surface area contributed by atoms with Crippen molar-refractivity contribution in [3.8, 4) is 5.75 Å². The fraction of sp³-hybridized carbons (Fsp3) is 0.379. The number of nitrogens with one attached hydrogen (secondary N) is 1. The number of benzene rings is 2. The fourth-order valence-electron chi connectivity index (χ4n) is 5.19. The Morgan fingerprint density at radius 2 is 1.98 bits per heavy atom. The van der Waals surface area contributed by atoms with Crippen molar-refractivity contribution in [3.63, 3.8) is 0 Å². The molecule has 1 atom stereocenters. The van der Waals surface area contributed by atoms with E-state index in [9.17, 15) is 14.3 Å². The Hall–Kier alpha value is -3.80. The summed E-state index contributed by atoms with van der Waals surface area (Å²) in [6, 6.07) is 11.4. The maximum Gasteiger partial charge on any atom is 0.335 e. The molecular formula is C29H30ClFN6O4. The fourth-order valence-corrected chi connectivity index (χ4v) is 5.35. The van der Waals surface area contributed by atoms with Crippen molar-refractivity contribution < 1.29 is 23.8 Å². The summed E-state index contributed by atoms with van der Waals surface area (Å²) in [5, 5.41) is 13.3. The molecule has 10 nitrogen and oxygen atoms in total. The number of aromatic carboxylic acids is 1. The van der Waals surface area contributed by atoms with Crippen LogP contribution in [0, 0.1) is 5.82 Å². The van der Waals surface area contributed by atoms with Crippen molar-refractivity contribution in [2.24, 2.45) is 0 Å². The number of carbonyl (C=O) groups is 1. The van der Waals surface area contributed by atoms with Gasteiger partial charge in [-0.15, -0.1) is 0 Å². The second-order valence-corrected chi connectivity index (χ2v) is 10.8. The first-order valence-corrected chi connectivity index (χ1v) is 14.0. The molecule has 0 aliphatic carbocycles. The van der Waals surface area contributed by atoms with E-state index in [1.54, 1.807) is 30.5 Å². The number of piperidine rings is 1. The lowest BCUT2D eigenvalue weighted by molar-refractivity contribution is -0.0592. The van der Waals surface area contributed by atoms with Crippen LogP contribution in [0.2, 0.25) is 5.02 Å². The van der Waals surface area contributed by atoms with Crippen molar-refractivity contribution in [1.29, 1.82) is 0 Å². The number of anilines is 1. The van der Waals surface area contributed by atoms with E-state index in [1.807, 2.05) is 6.07 Å². The minimum atomic E-state index is -0.950. The topological polar surface area (TPSA) is 115 Å².